The second-order valence-corrected chi connectivity index (χ2v) is 6.44. The van der Waals surface area contributed by atoms with Gasteiger partial charge in [0.25, 0.3) is 0 Å². The highest BCUT2D eigenvalue weighted by Gasteiger charge is 2.37. The molecule has 0 saturated carbocycles. The lowest BCUT2D eigenvalue weighted by atomic mass is 10.1. The lowest BCUT2D eigenvalue weighted by molar-refractivity contribution is -0.273. The Morgan fingerprint density at radius 2 is 1.89 bits per heavy atom. The summed E-state index contributed by atoms with van der Waals surface area (Å²) in [6.07, 6.45) is -0.320. The Balaban J connectivity index is 1.50. The van der Waals surface area contributed by atoms with Gasteiger partial charge in [-0.05, 0) is 35.4 Å². The molecule has 8 heteroatoms. The molecule has 0 radical (unpaired) electrons. The normalized spacial score (nSPS) is 18.4. The van der Waals surface area contributed by atoms with Crippen molar-refractivity contribution in [1.29, 1.82) is 0 Å². The van der Waals surface area contributed by atoms with E-state index in [0.717, 1.165) is 11.3 Å². The summed E-state index contributed by atoms with van der Waals surface area (Å²) in [6.45, 7) is 0.331. The van der Waals surface area contributed by atoms with Crippen LogP contribution in [0.1, 0.15) is 17.5 Å². The van der Waals surface area contributed by atoms with E-state index in [-0.39, 0.29) is 12.5 Å². The smallest absolute Gasteiger partial charge is 0.378 e. The summed E-state index contributed by atoms with van der Waals surface area (Å²) in [5.41, 5.74) is 3.60. The number of carbonyl (C=O) groups excluding carboxylic acids is 1. The molecule has 0 fully saturated rings. The van der Waals surface area contributed by atoms with E-state index in [9.17, 15) is 9.18 Å². The van der Waals surface area contributed by atoms with Gasteiger partial charge in [-0.1, -0.05) is 29.4 Å². The minimum atomic E-state index is -2.74. The Hall–Kier alpha value is -3.13. The van der Waals surface area contributed by atoms with Crippen LogP contribution in [-0.2, 0) is 11.4 Å². The van der Waals surface area contributed by atoms with Crippen molar-refractivity contribution in [2.24, 2.45) is 5.16 Å². The number of benzene rings is 2. The van der Waals surface area contributed by atoms with Gasteiger partial charge in [-0.2, -0.15) is 4.39 Å². The van der Waals surface area contributed by atoms with Gasteiger partial charge in [-0.25, -0.2) is 4.79 Å². The molecule has 3 rings (SSSR count). The standard InChI is InChI=1S/C19H21FN4O3/c1-24(2)16-9-7-15(8-10-16)22-18(25)21-12-13-3-5-14(6-4-13)17-11-19(20,26)27-23-17/h3-10,26H,11-12H2,1-2H3,(H2,21,22,25). The van der Waals surface area contributed by atoms with Crippen LogP contribution in [0.15, 0.2) is 53.7 Å². The fraction of sp³-hybridized carbons (Fsp3) is 0.263. The summed E-state index contributed by atoms with van der Waals surface area (Å²) in [4.78, 5) is 18.3. The molecule has 7 nitrogen and oxygen atoms in total. The summed E-state index contributed by atoms with van der Waals surface area (Å²) in [5, 5.41) is 18.2. The van der Waals surface area contributed by atoms with Gasteiger partial charge in [0, 0.05) is 32.0 Å². The van der Waals surface area contributed by atoms with Crippen molar-refractivity contribution in [2.75, 3.05) is 24.3 Å². The quantitative estimate of drug-likeness (QED) is 0.753. The minimum Gasteiger partial charge on any atom is -0.378 e. The van der Waals surface area contributed by atoms with E-state index >= 15 is 0 Å². The van der Waals surface area contributed by atoms with E-state index in [4.69, 9.17) is 5.11 Å². The molecule has 1 aliphatic rings. The maximum absolute atomic E-state index is 13.2. The molecule has 2 aromatic rings. The molecular weight excluding hydrogens is 351 g/mol. The molecule has 0 aliphatic carbocycles. The highest BCUT2D eigenvalue weighted by Crippen LogP contribution is 2.25. The Morgan fingerprint density at radius 1 is 1.22 bits per heavy atom. The highest BCUT2D eigenvalue weighted by atomic mass is 19.2. The summed E-state index contributed by atoms with van der Waals surface area (Å²) < 4.78 is 13.2. The molecular formula is C19H21FN4O3. The number of oxime groups is 1. The van der Waals surface area contributed by atoms with Gasteiger partial charge in [-0.15, -0.1) is 0 Å². The summed E-state index contributed by atoms with van der Waals surface area (Å²) in [7, 11) is 3.90. The molecule has 0 bridgehead atoms. The summed E-state index contributed by atoms with van der Waals surface area (Å²) in [5.74, 6) is 0. The SMILES string of the molecule is CN(C)c1ccc(NC(=O)NCc2ccc(C3=NOC(O)(F)C3)cc2)cc1. The van der Waals surface area contributed by atoms with E-state index in [2.05, 4.69) is 20.6 Å². The van der Waals surface area contributed by atoms with Crippen molar-refractivity contribution in [1.82, 2.24) is 5.32 Å². The van der Waals surface area contributed by atoms with Crippen LogP contribution in [0, 0.1) is 0 Å². The van der Waals surface area contributed by atoms with Crippen LogP contribution in [0.2, 0.25) is 0 Å². The van der Waals surface area contributed by atoms with E-state index in [1.54, 1.807) is 24.3 Å². The number of amides is 2. The second kappa shape index (κ2) is 7.63. The van der Waals surface area contributed by atoms with Crippen LogP contribution in [0.25, 0.3) is 0 Å². The molecule has 1 aliphatic heterocycles. The largest absolute Gasteiger partial charge is 0.388 e. The molecule has 2 amide bonds. The van der Waals surface area contributed by atoms with Crippen molar-refractivity contribution in [3.63, 3.8) is 0 Å². The van der Waals surface area contributed by atoms with E-state index in [1.165, 1.54) is 0 Å². The van der Waals surface area contributed by atoms with E-state index in [0.29, 0.717) is 23.5 Å². The lowest BCUT2D eigenvalue weighted by Gasteiger charge is -2.13. The predicted octanol–water partition coefficient (Wildman–Crippen LogP) is 2.81. The number of hydrogen-bond acceptors (Lipinski definition) is 5. The number of hydrogen-bond donors (Lipinski definition) is 3. The van der Waals surface area contributed by atoms with Crippen molar-refractivity contribution < 1.29 is 19.1 Å². The number of nitrogens with one attached hydrogen (secondary N) is 2. The Kier molecular flexibility index (Phi) is 5.27. The van der Waals surface area contributed by atoms with Crippen LogP contribution in [0.3, 0.4) is 0 Å². The fourth-order valence-corrected chi connectivity index (χ4v) is 2.57. The molecule has 1 unspecified atom stereocenters. The van der Waals surface area contributed by atoms with Gasteiger partial charge in [0.15, 0.2) is 0 Å². The van der Waals surface area contributed by atoms with Gasteiger partial charge in [0.05, 0.1) is 12.1 Å². The van der Waals surface area contributed by atoms with Gasteiger partial charge >= 0.3 is 12.1 Å². The average Bonchev–Trinajstić information content (AvgIpc) is 3.01. The third-order valence-corrected chi connectivity index (χ3v) is 4.06. The first-order chi connectivity index (χ1) is 12.8. The van der Waals surface area contributed by atoms with Crippen molar-refractivity contribution in [2.45, 2.75) is 19.0 Å². The number of rotatable bonds is 5. The Labute approximate surface area is 156 Å². The molecule has 0 spiro atoms. The van der Waals surface area contributed by atoms with Gasteiger partial charge in [-0.3, -0.25) is 0 Å². The predicted molar refractivity (Wildman–Crippen MR) is 101 cm³/mol. The molecule has 2 aromatic carbocycles. The van der Waals surface area contributed by atoms with Crippen LogP contribution in [-0.4, -0.2) is 37.0 Å². The van der Waals surface area contributed by atoms with Gasteiger partial charge in [0.1, 0.15) is 0 Å². The van der Waals surface area contributed by atoms with Crippen molar-refractivity contribution in [3.05, 3.63) is 59.7 Å². The molecule has 0 aromatic heterocycles. The van der Waals surface area contributed by atoms with Crippen LogP contribution >= 0.6 is 0 Å². The second-order valence-electron chi connectivity index (χ2n) is 6.44. The number of aliphatic hydroxyl groups is 1. The zero-order valence-electron chi connectivity index (χ0n) is 15.1. The van der Waals surface area contributed by atoms with Crippen molar-refractivity contribution in [3.8, 4) is 0 Å². The average molecular weight is 372 g/mol. The maximum atomic E-state index is 13.2. The number of alkyl halides is 1. The summed E-state index contributed by atoms with van der Waals surface area (Å²) >= 11 is 0. The molecule has 27 heavy (non-hydrogen) atoms. The lowest BCUT2D eigenvalue weighted by Crippen LogP contribution is -2.28. The third kappa shape index (κ3) is 4.95. The topological polar surface area (TPSA) is 86.2 Å². The van der Waals surface area contributed by atoms with Crippen LogP contribution in [0.5, 0.6) is 0 Å². The highest BCUT2D eigenvalue weighted by molar-refractivity contribution is 6.01. The molecule has 142 valence electrons. The molecule has 1 heterocycles. The van der Waals surface area contributed by atoms with Crippen molar-refractivity contribution >= 4 is 23.1 Å². The van der Waals surface area contributed by atoms with Gasteiger partial charge < -0.3 is 25.5 Å². The zero-order valence-corrected chi connectivity index (χ0v) is 15.1. The molecule has 0 saturated heterocycles. The van der Waals surface area contributed by atoms with Gasteiger partial charge in [0.2, 0.25) is 0 Å². The first-order valence-electron chi connectivity index (χ1n) is 8.40. The first kappa shape index (κ1) is 18.7. The van der Waals surface area contributed by atoms with Crippen LogP contribution in [0.4, 0.5) is 20.6 Å². The van der Waals surface area contributed by atoms with E-state index in [1.807, 2.05) is 43.3 Å². The minimum absolute atomic E-state index is 0.312. The van der Waals surface area contributed by atoms with E-state index < -0.39 is 6.04 Å². The third-order valence-electron chi connectivity index (χ3n) is 4.06. The fourth-order valence-electron chi connectivity index (χ4n) is 2.57. The maximum Gasteiger partial charge on any atom is 0.388 e. The number of carbonyl (C=O) groups is 1. The zero-order chi connectivity index (χ0) is 19.4. The van der Waals surface area contributed by atoms with Crippen LogP contribution < -0.4 is 15.5 Å². The number of anilines is 2. The molecule has 3 N–H and O–H groups in total. The molecule has 1 atom stereocenters. The number of halogens is 1. The number of nitrogens with zero attached hydrogens (tertiary/aromatic N) is 2. The number of urea groups is 1. The Bertz CT molecular complexity index is 833. The first-order valence-corrected chi connectivity index (χ1v) is 8.40. The Morgan fingerprint density at radius 3 is 2.44 bits per heavy atom. The monoisotopic (exact) mass is 372 g/mol. The summed E-state index contributed by atoms with van der Waals surface area (Å²) in [6, 6.07) is 11.5.